The minimum atomic E-state index is -0.163. The number of hydrogen-bond donors (Lipinski definition) is 1. The summed E-state index contributed by atoms with van der Waals surface area (Å²) in [5.74, 6) is 0.604. The van der Waals surface area contributed by atoms with Crippen molar-refractivity contribution in [1.29, 1.82) is 0 Å². The minimum Gasteiger partial charge on any atom is -0.370 e. The molecule has 0 saturated carbocycles. The van der Waals surface area contributed by atoms with Crippen molar-refractivity contribution in [1.82, 2.24) is 14.6 Å². The first-order valence-corrected chi connectivity index (χ1v) is 6.10. The molecule has 0 aliphatic rings. The van der Waals surface area contributed by atoms with Gasteiger partial charge in [0.25, 0.3) is 0 Å². The van der Waals surface area contributed by atoms with Gasteiger partial charge in [0.15, 0.2) is 5.65 Å². The number of fused-ring (bicyclic) bond motifs is 1. The second kappa shape index (κ2) is 5.06. The molecule has 0 bridgehead atoms. The summed E-state index contributed by atoms with van der Waals surface area (Å²) in [6.07, 6.45) is 4.16. The molecule has 0 spiro atoms. The van der Waals surface area contributed by atoms with Crippen LogP contribution >= 0.6 is 0 Å². The molecule has 4 nitrogen and oxygen atoms in total. The molecule has 1 N–H and O–H groups in total. The van der Waals surface area contributed by atoms with Crippen molar-refractivity contribution >= 4 is 11.5 Å². The van der Waals surface area contributed by atoms with Crippen molar-refractivity contribution in [3.63, 3.8) is 0 Å². The second-order valence-electron chi connectivity index (χ2n) is 4.21. The highest BCUT2D eigenvalue weighted by atomic mass is 19.1. The highest BCUT2D eigenvalue weighted by Gasteiger charge is 2.01. The maximum absolute atomic E-state index is 13.4. The number of rotatable bonds is 4. The highest BCUT2D eigenvalue weighted by Crippen LogP contribution is 2.09. The van der Waals surface area contributed by atoms with Crippen LogP contribution in [0.3, 0.4) is 0 Å². The van der Waals surface area contributed by atoms with E-state index in [0.717, 1.165) is 11.5 Å². The quantitative estimate of drug-likeness (QED) is 0.780. The number of nitrogens with one attached hydrogen (secondary N) is 1. The van der Waals surface area contributed by atoms with Crippen LogP contribution in [0.4, 0.5) is 10.2 Å². The van der Waals surface area contributed by atoms with Crippen molar-refractivity contribution in [2.24, 2.45) is 0 Å². The van der Waals surface area contributed by atoms with Crippen LogP contribution < -0.4 is 5.32 Å². The Balaban J connectivity index is 1.64. The first-order chi connectivity index (χ1) is 9.33. The van der Waals surface area contributed by atoms with Crippen LogP contribution in [0, 0.1) is 5.82 Å². The number of nitrogens with zero attached hydrogens (tertiary/aromatic N) is 3. The van der Waals surface area contributed by atoms with Gasteiger partial charge in [-0.3, -0.25) is 0 Å². The average molecular weight is 256 g/mol. The molecule has 0 unspecified atom stereocenters. The van der Waals surface area contributed by atoms with Gasteiger partial charge in [0.1, 0.15) is 11.6 Å². The van der Waals surface area contributed by atoms with E-state index >= 15 is 0 Å². The fourth-order valence-corrected chi connectivity index (χ4v) is 1.94. The van der Waals surface area contributed by atoms with E-state index in [0.29, 0.717) is 18.5 Å². The van der Waals surface area contributed by atoms with Crippen molar-refractivity contribution in [3.8, 4) is 0 Å². The largest absolute Gasteiger partial charge is 0.370 e. The van der Waals surface area contributed by atoms with Gasteiger partial charge in [0.05, 0.1) is 6.20 Å². The number of halogens is 1. The number of hydrogen-bond acceptors (Lipinski definition) is 3. The smallest absolute Gasteiger partial charge is 0.157 e. The Morgan fingerprint density at radius 3 is 2.95 bits per heavy atom. The monoisotopic (exact) mass is 256 g/mol. The lowest BCUT2D eigenvalue weighted by atomic mass is 10.1. The number of aromatic nitrogens is 3. The van der Waals surface area contributed by atoms with E-state index in [2.05, 4.69) is 15.4 Å². The van der Waals surface area contributed by atoms with E-state index < -0.39 is 0 Å². The van der Waals surface area contributed by atoms with Crippen LogP contribution in [-0.2, 0) is 6.42 Å². The third-order valence-corrected chi connectivity index (χ3v) is 2.92. The van der Waals surface area contributed by atoms with Gasteiger partial charge in [-0.1, -0.05) is 18.2 Å². The fourth-order valence-electron chi connectivity index (χ4n) is 1.94. The van der Waals surface area contributed by atoms with Gasteiger partial charge in [-0.2, -0.15) is 5.10 Å². The molecule has 0 fully saturated rings. The van der Waals surface area contributed by atoms with Gasteiger partial charge in [-0.25, -0.2) is 13.9 Å². The van der Waals surface area contributed by atoms with Crippen LogP contribution in [-0.4, -0.2) is 21.1 Å². The lowest BCUT2D eigenvalue weighted by molar-refractivity contribution is 0.610. The maximum atomic E-state index is 13.4. The predicted molar refractivity (Wildman–Crippen MR) is 71.6 cm³/mol. The summed E-state index contributed by atoms with van der Waals surface area (Å²) < 4.78 is 15.1. The Morgan fingerprint density at radius 2 is 2.05 bits per heavy atom. The summed E-state index contributed by atoms with van der Waals surface area (Å²) in [6, 6.07) is 10.5. The zero-order valence-electron chi connectivity index (χ0n) is 10.3. The third kappa shape index (κ3) is 2.54. The summed E-state index contributed by atoms with van der Waals surface area (Å²) in [6.45, 7) is 0.637. The Bertz CT molecular complexity index is 692. The molecule has 96 valence electrons. The summed E-state index contributed by atoms with van der Waals surface area (Å²) >= 11 is 0. The van der Waals surface area contributed by atoms with Crippen LogP contribution in [0.2, 0.25) is 0 Å². The molecule has 5 heteroatoms. The first kappa shape index (κ1) is 11.6. The molecule has 0 radical (unpaired) electrons. The number of anilines is 1. The van der Waals surface area contributed by atoms with E-state index in [1.807, 2.05) is 24.4 Å². The Labute approximate surface area is 109 Å². The Kier molecular flexibility index (Phi) is 3.10. The average Bonchev–Trinajstić information content (AvgIpc) is 2.88. The van der Waals surface area contributed by atoms with Gasteiger partial charge < -0.3 is 5.32 Å². The summed E-state index contributed by atoms with van der Waals surface area (Å²) in [4.78, 5) is 4.38. The van der Waals surface area contributed by atoms with Gasteiger partial charge in [0, 0.05) is 18.8 Å². The van der Waals surface area contributed by atoms with Gasteiger partial charge >= 0.3 is 0 Å². The molecular formula is C14H13FN4. The normalized spacial score (nSPS) is 10.8. The number of benzene rings is 1. The molecule has 0 amide bonds. The molecule has 1 aromatic carbocycles. The first-order valence-electron chi connectivity index (χ1n) is 6.10. The topological polar surface area (TPSA) is 42.2 Å². The molecule has 0 atom stereocenters. The molecule has 2 heterocycles. The van der Waals surface area contributed by atoms with Crippen molar-refractivity contribution in [2.45, 2.75) is 6.42 Å². The van der Waals surface area contributed by atoms with Crippen molar-refractivity contribution in [2.75, 3.05) is 11.9 Å². The minimum absolute atomic E-state index is 0.163. The lowest BCUT2D eigenvalue weighted by Gasteiger charge is -2.06. The standard InChI is InChI=1S/C14H13FN4/c15-12-4-2-1-3-11(12)5-8-16-13-7-10-19-14(18-13)6-9-17-19/h1-4,6-7,9-10H,5,8H2,(H,16,18). The van der Waals surface area contributed by atoms with Crippen LogP contribution in [0.25, 0.3) is 5.65 Å². The van der Waals surface area contributed by atoms with Crippen LogP contribution in [0.15, 0.2) is 48.8 Å². The van der Waals surface area contributed by atoms with E-state index in [9.17, 15) is 4.39 Å². The summed E-state index contributed by atoms with van der Waals surface area (Å²) in [7, 11) is 0. The zero-order valence-corrected chi connectivity index (χ0v) is 10.3. The Hall–Kier alpha value is -2.43. The highest BCUT2D eigenvalue weighted by molar-refractivity contribution is 5.45. The predicted octanol–water partition coefficient (Wildman–Crippen LogP) is 2.52. The second-order valence-corrected chi connectivity index (χ2v) is 4.21. The summed E-state index contributed by atoms with van der Waals surface area (Å²) in [5, 5.41) is 7.26. The molecule has 2 aromatic heterocycles. The van der Waals surface area contributed by atoms with Gasteiger partial charge in [0.2, 0.25) is 0 Å². The lowest BCUT2D eigenvalue weighted by Crippen LogP contribution is -2.07. The molecule has 0 aliphatic carbocycles. The zero-order chi connectivity index (χ0) is 13.1. The van der Waals surface area contributed by atoms with E-state index in [1.165, 1.54) is 6.07 Å². The van der Waals surface area contributed by atoms with Gasteiger partial charge in [-0.05, 0) is 24.1 Å². The molecule has 3 rings (SSSR count). The van der Waals surface area contributed by atoms with E-state index in [-0.39, 0.29) is 5.82 Å². The maximum Gasteiger partial charge on any atom is 0.157 e. The van der Waals surface area contributed by atoms with E-state index in [1.54, 1.807) is 22.8 Å². The van der Waals surface area contributed by atoms with Crippen molar-refractivity contribution in [3.05, 3.63) is 60.2 Å². The molecule has 0 aliphatic heterocycles. The third-order valence-electron chi connectivity index (χ3n) is 2.92. The van der Waals surface area contributed by atoms with Crippen LogP contribution in [0.5, 0.6) is 0 Å². The molecule has 3 aromatic rings. The summed E-state index contributed by atoms with van der Waals surface area (Å²) in [5.41, 5.74) is 1.50. The Morgan fingerprint density at radius 1 is 1.16 bits per heavy atom. The van der Waals surface area contributed by atoms with Crippen LogP contribution in [0.1, 0.15) is 5.56 Å². The SMILES string of the molecule is Fc1ccccc1CCNc1ccn2nccc2n1. The molecular weight excluding hydrogens is 243 g/mol. The molecule has 19 heavy (non-hydrogen) atoms. The molecule has 0 saturated heterocycles. The van der Waals surface area contributed by atoms with Crippen molar-refractivity contribution < 1.29 is 4.39 Å². The fraction of sp³-hybridized carbons (Fsp3) is 0.143. The van der Waals surface area contributed by atoms with Gasteiger partial charge in [-0.15, -0.1) is 0 Å². The van der Waals surface area contributed by atoms with E-state index in [4.69, 9.17) is 0 Å².